The summed E-state index contributed by atoms with van der Waals surface area (Å²) >= 11 is 5.28. The van der Waals surface area contributed by atoms with Crippen molar-refractivity contribution < 1.29 is 42.5 Å². The largest absolute Gasteiger partial charge is 0.462 e. The summed E-state index contributed by atoms with van der Waals surface area (Å²) in [6.07, 6.45) is -2.78. The first-order valence-electron chi connectivity index (χ1n) is 9.71. The van der Waals surface area contributed by atoms with E-state index in [9.17, 15) is 23.6 Å². The molecule has 1 N–H and O–H groups in total. The van der Waals surface area contributed by atoms with Crippen LogP contribution in [0, 0.1) is 10.6 Å². The van der Waals surface area contributed by atoms with Crippen LogP contribution in [-0.4, -0.2) is 52.2 Å². The van der Waals surface area contributed by atoms with E-state index in [4.69, 9.17) is 31.2 Å². The Hall–Kier alpha value is -3.54. The third-order valence-electron chi connectivity index (χ3n) is 4.18. The van der Waals surface area contributed by atoms with Gasteiger partial charge in [-0.2, -0.15) is 0 Å². The van der Waals surface area contributed by atoms with Gasteiger partial charge < -0.3 is 23.9 Å². The van der Waals surface area contributed by atoms with Crippen LogP contribution in [0.1, 0.15) is 39.5 Å². The third-order valence-corrected chi connectivity index (χ3v) is 4.48. The molecule has 0 amide bonds. The first kappa shape index (κ1) is 25.7. The van der Waals surface area contributed by atoms with Crippen LogP contribution in [0.5, 0.6) is 0 Å². The number of imidazole rings is 1. The van der Waals surface area contributed by atoms with Crippen LogP contribution in [-0.2, 0) is 38.1 Å². The minimum atomic E-state index is -1.43. The number of hydrogen-bond donors (Lipinski definition) is 1. The maximum atomic E-state index is 14.3. The molecule has 0 aliphatic carbocycles. The smallest absolute Gasteiger partial charge is 0.303 e. The van der Waals surface area contributed by atoms with Crippen LogP contribution < -0.4 is 0 Å². The molecule has 2 rings (SSSR count). The number of nitrogens with zero attached hydrogens (tertiary/aromatic N) is 1. The molecular weight excluding hydrogens is 459 g/mol. The molecule has 0 aliphatic heterocycles. The van der Waals surface area contributed by atoms with E-state index >= 15 is 0 Å². The molecular formula is C21H23FN2O8S. The first-order valence-corrected chi connectivity index (χ1v) is 10.1. The molecule has 0 aliphatic rings. The second-order valence-corrected chi connectivity index (χ2v) is 7.28. The molecule has 3 atom stereocenters. The zero-order chi connectivity index (χ0) is 24.7. The third kappa shape index (κ3) is 7.24. The van der Waals surface area contributed by atoms with Gasteiger partial charge in [0.15, 0.2) is 23.1 Å². The summed E-state index contributed by atoms with van der Waals surface area (Å²) in [6.45, 7) is 3.98. The maximum Gasteiger partial charge on any atom is 0.303 e. The van der Waals surface area contributed by atoms with Crippen LogP contribution in [0.4, 0.5) is 4.39 Å². The average Bonchev–Trinajstić information content (AvgIpc) is 3.08. The highest BCUT2D eigenvalue weighted by Crippen LogP contribution is 2.29. The molecule has 0 bridgehead atoms. The second-order valence-electron chi connectivity index (χ2n) is 6.89. The van der Waals surface area contributed by atoms with Crippen molar-refractivity contribution in [3.8, 4) is 5.69 Å². The molecule has 0 radical (unpaired) electrons. The fourth-order valence-electron chi connectivity index (χ4n) is 3.00. The highest BCUT2D eigenvalue weighted by atomic mass is 32.1. The number of H-pyrrole nitrogens is 1. The van der Waals surface area contributed by atoms with Crippen molar-refractivity contribution in [2.75, 3.05) is 6.61 Å². The summed E-state index contributed by atoms with van der Waals surface area (Å²) in [5.41, 5.74) is 0.233. The van der Waals surface area contributed by atoms with Crippen LogP contribution in [0.25, 0.3) is 5.69 Å². The summed E-state index contributed by atoms with van der Waals surface area (Å²) in [5, 5.41) is 0. The van der Waals surface area contributed by atoms with Gasteiger partial charge in [-0.25, -0.2) is 4.39 Å². The number of halogens is 1. The number of benzene rings is 1. The van der Waals surface area contributed by atoms with Crippen molar-refractivity contribution in [1.29, 1.82) is 0 Å². The Morgan fingerprint density at radius 2 is 1.58 bits per heavy atom. The quantitative estimate of drug-likeness (QED) is 0.326. The predicted molar refractivity (Wildman–Crippen MR) is 113 cm³/mol. The van der Waals surface area contributed by atoms with E-state index in [2.05, 4.69) is 4.98 Å². The number of aromatic nitrogens is 2. The molecule has 1 aromatic carbocycles. The minimum Gasteiger partial charge on any atom is -0.462 e. The van der Waals surface area contributed by atoms with Gasteiger partial charge in [-0.15, -0.1) is 0 Å². The van der Waals surface area contributed by atoms with Crippen LogP contribution in [0.2, 0.25) is 0 Å². The summed E-state index contributed by atoms with van der Waals surface area (Å²) in [4.78, 5) is 49.5. The molecule has 1 aromatic heterocycles. The SMILES string of the molecule is CC(=O)OC[C@@H](OC(C)=O)[C@@H](OC(C)=O)[C@H](OC(C)=O)c1cn(-c2ccccc2F)c(=S)[nH]1. The Bertz CT molecular complexity index is 1100. The summed E-state index contributed by atoms with van der Waals surface area (Å²) < 4.78 is 36.5. The molecule has 178 valence electrons. The number of esters is 4. The van der Waals surface area contributed by atoms with Gasteiger partial charge in [0.2, 0.25) is 0 Å². The van der Waals surface area contributed by atoms with Gasteiger partial charge in [0.05, 0.1) is 11.4 Å². The number of rotatable bonds is 9. The summed E-state index contributed by atoms with van der Waals surface area (Å²) in [6, 6.07) is 5.83. The van der Waals surface area contributed by atoms with Gasteiger partial charge >= 0.3 is 23.9 Å². The van der Waals surface area contributed by atoms with Crippen molar-refractivity contribution in [3.05, 3.63) is 46.7 Å². The lowest BCUT2D eigenvalue weighted by atomic mass is 10.0. The van der Waals surface area contributed by atoms with Crippen LogP contribution >= 0.6 is 12.2 Å². The van der Waals surface area contributed by atoms with Gasteiger partial charge in [0.25, 0.3) is 0 Å². The second kappa shape index (κ2) is 11.4. The fourth-order valence-corrected chi connectivity index (χ4v) is 3.27. The Balaban J connectivity index is 2.58. The van der Waals surface area contributed by atoms with E-state index in [0.29, 0.717) is 0 Å². The topological polar surface area (TPSA) is 126 Å². The normalized spacial score (nSPS) is 13.4. The molecule has 0 saturated heterocycles. The highest BCUT2D eigenvalue weighted by Gasteiger charge is 2.40. The first-order chi connectivity index (χ1) is 15.5. The number of hydrogen-bond acceptors (Lipinski definition) is 9. The standard InChI is InChI=1S/C21H23FN2O8S/c1-11(25)29-10-18(30-12(2)26)20(32-14(4)28)19(31-13(3)27)16-9-24(21(33)23-16)17-8-6-5-7-15(17)22/h5-9,18-20H,10H2,1-4H3,(H,23,33)/t18-,19-,20-/m1/s1. The number of carbonyl (C=O) groups excluding carboxylic acids is 4. The van der Waals surface area contributed by atoms with E-state index in [1.807, 2.05) is 0 Å². The van der Waals surface area contributed by atoms with Gasteiger partial charge in [0.1, 0.15) is 12.4 Å². The van der Waals surface area contributed by atoms with Crippen molar-refractivity contribution in [3.63, 3.8) is 0 Å². The lowest BCUT2D eigenvalue weighted by Gasteiger charge is -2.31. The molecule has 1 heterocycles. The van der Waals surface area contributed by atoms with Gasteiger partial charge in [-0.3, -0.25) is 23.7 Å². The number of ether oxygens (including phenoxy) is 4. The molecule has 10 nitrogen and oxygen atoms in total. The van der Waals surface area contributed by atoms with Crippen LogP contribution in [0.15, 0.2) is 30.5 Å². The van der Waals surface area contributed by atoms with E-state index in [1.54, 1.807) is 6.07 Å². The number of carbonyl (C=O) groups is 4. The van der Waals surface area contributed by atoms with Crippen molar-refractivity contribution in [2.24, 2.45) is 0 Å². The highest BCUT2D eigenvalue weighted by molar-refractivity contribution is 7.71. The zero-order valence-electron chi connectivity index (χ0n) is 18.3. The lowest BCUT2D eigenvalue weighted by molar-refractivity contribution is -0.190. The Morgan fingerprint density at radius 1 is 0.970 bits per heavy atom. The number of nitrogens with one attached hydrogen (secondary N) is 1. The number of para-hydroxylation sites is 1. The summed E-state index contributed by atoms with van der Waals surface area (Å²) in [7, 11) is 0. The molecule has 0 saturated carbocycles. The Labute approximate surface area is 193 Å². The van der Waals surface area contributed by atoms with Gasteiger partial charge in [-0.1, -0.05) is 12.1 Å². The van der Waals surface area contributed by atoms with E-state index < -0.39 is 54.6 Å². The Kier molecular flexibility index (Phi) is 8.85. The van der Waals surface area contributed by atoms with E-state index in [-0.39, 0.29) is 16.2 Å². The monoisotopic (exact) mass is 482 g/mol. The molecule has 33 heavy (non-hydrogen) atoms. The predicted octanol–water partition coefficient (Wildman–Crippen LogP) is 2.70. The molecule has 0 fully saturated rings. The van der Waals surface area contributed by atoms with Crippen LogP contribution in [0.3, 0.4) is 0 Å². The fraction of sp³-hybridized carbons (Fsp3) is 0.381. The van der Waals surface area contributed by atoms with E-state index in [0.717, 1.165) is 27.7 Å². The zero-order valence-corrected chi connectivity index (χ0v) is 19.1. The van der Waals surface area contributed by atoms with Gasteiger partial charge in [0, 0.05) is 33.9 Å². The summed E-state index contributed by atoms with van der Waals surface area (Å²) in [5.74, 6) is -3.55. The Morgan fingerprint density at radius 3 is 2.12 bits per heavy atom. The minimum absolute atomic E-state index is 0.0536. The molecule has 0 spiro atoms. The van der Waals surface area contributed by atoms with E-state index in [1.165, 1.54) is 29.0 Å². The molecule has 2 aromatic rings. The average molecular weight is 482 g/mol. The van der Waals surface area contributed by atoms with Crippen molar-refractivity contribution in [1.82, 2.24) is 9.55 Å². The van der Waals surface area contributed by atoms with Gasteiger partial charge in [-0.05, 0) is 24.4 Å². The van der Waals surface area contributed by atoms with Crippen molar-refractivity contribution >= 4 is 36.1 Å². The molecule has 12 heteroatoms. The number of aromatic amines is 1. The van der Waals surface area contributed by atoms with Crippen molar-refractivity contribution in [2.45, 2.75) is 46.0 Å². The molecule has 0 unspecified atom stereocenters. The maximum absolute atomic E-state index is 14.3. The lowest BCUT2D eigenvalue weighted by Crippen LogP contribution is -2.43.